The summed E-state index contributed by atoms with van der Waals surface area (Å²) in [7, 11) is 0. The predicted octanol–water partition coefficient (Wildman–Crippen LogP) is 3.38. The lowest BCUT2D eigenvalue weighted by Gasteiger charge is -2.12. The Labute approximate surface area is 163 Å². The van der Waals surface area contributed by atoms with Gasteiger partial charge >= 0.3 is 0 Å². The van der Waals surface area contributed by atoms with Crippen LogP contribution < -0.4 is 10.1 Å². The molecule has 0 bridgehead atoms. The summed E-state index contributed by atoms with van der Waals surface area (Å²) >= 11 is 1.36. The van der Waals surface area contributed by atoms with Crippen molar-refractivity contribution in [3.05, 3.63) is 66.0 Å². The molecule has 2 aromatic carbocycles. The van der Waals surface area contributed by atoms with Gasteiger partial charge in [-0.25, -0.2) is 0 Å². The maximum absolute atomic E-state index is 11.8. The van der Waals surface area contributed by atoms with Gasteiger partial charge < -0.3 is 10.1 Å². The molecule has 0 unspecified atom stereocenters. The van der Waals surface area contributed by atoms with Crippen molar-refractivity contribution in [3.63, 3.8) is 0 Å². The predicted molar refractivity (Wildman–Crippen MR) is 106 cm³/mol. The molecule has 27 heavy (non-hydrogen) atoms. The Morgan fingerprint density at radius 1 is 1.11 bits per heavy atom. The van der Waals surface area contributed by atoms with Gasteiger partial charge in [-0.15, -0.1) is 10.2 Å². The number of amides is 1. The summed E-state index contributed by atoms with van der Waals surface area (Å²) in [5.41, 5.74) is 2.00. The van der Waals surface area contributed by atoms with Crippen LogP contribution in [0.1, 0.15) is 18.3 Å². The SMILES string of the molecule is CCNC(=O)CSc1nnc(COc2ccccc2C)n1-c1ccccc1. The zero-order valence-electron chi connectivity index (χ0n) is 15.4. The van der Waals surface area contributed by atoms with Gasteiger partial charge in [0, 0.05) is 12.2 Å². The minimum atomic E-state index is -0.0252. The Morgan fingerprint density at radius 2 is 1.85 bits per heavy atom. The minimum absolute atomic E-state index is 0.0252. The van der Waals surface area contributed by atoms with Gasteiger partial charge in [0.2, 0.25) is 5.91 Å². The first kappa shape index (κ1) is 19.0. The van der Waals surface area contributed by atoms with Crippen molar-refractivity contribution in [1.29, 1.82) is 0 Å². The highest BCUT2D eigenvalue weighted by Gasteiger charge is 2.16. The highest BCUT2D eigenvalue weighted by Crippen LogP contribution is 2.23. The number of aryl methyl sites for hydroxylation is 1. The standard InChI is InChI=1S/C20H22N4O2S/c1-3-21-19(25)14-27-20-23-22-18(24(20)16-10-5-4-6-11-16)13-26-17-12-8-7-9-15(17)2/h4-12H,3,13-14H2,1-2H3,(H,21,25). The molecule has 0 aliphatic rings. The number of nitrogens with one attached hydrogen (secondary N) is 1. The summed E-state index contributed by atoms with van der Waals surface area (Å²) < 4.78 is 7.88. The second kappa shape index (κ2) is 9.23. The third-order valence-electron chi connectivity index (χ3n) is 3.87. The number of carbonyl (C=O) groups excluding carboxylic acids is 1. The molecule has 0 fully saturated rings. The van der Waals surface area contributed by atoms with E-state index >= 15 is 0 Å². The number of ether oxygens (including phenoxy) is 1. The van der Waals surface area contributed by atoms with Crippen LogP contribution in [0.5, 0.6) is 5.75 Å². The monoisotopic (exact) mass is 382 g/mol. The molecule has 1 aromatic heterocycles. The first-order valence-electron chi connectivity index (χ1n) is 8.76. The lowest BCUT2D eigenvalue weighted by Crippen LogP contribution is -2.24. The number of hydrogen-bond acceptors (Lipinski definition) is 5. The molecule has 0 spiro atoms. The summed E-state index contributed by atoms with van der Waals surface area (Å²) in [6, 6.07) is 17.7. The van der Waals surface area contributed by atoms with Crippen LogP contribution in [0.15, 0.2) is 59.8 Å². The Kier molecular flexibility index (Phi) is 6.49. The third kappa shape index (κ3) is 4.89. The molecule has 3 aromatic rings. The van der Waals surface area contributed by atoms with Crippen molar-refractivity contribution >= 4 is 17.7 Å². The van der Waals surface area contributed by atoms with Crippen LogP contribution >= 0.6 is 11.8 Å². The molecule has 1 N–H and O–H groups in total. The zero-order valence-corrected chi connectivity index (χ0v) is 16.2. The zero-order chi connectivity index (χ0) is 19.1. The fourth-order valence-corrected chi connectivity index (χ4v) is 3.36. The van der Waals surface area contributed by atoms with E-state index in [1.807, 2.05) is 73.0 Å². The fraction of sp³-hybridized carbons (Fsp3) is 0.250. The lowest BCUT2D eigenvalue weighted by molar-refractivity contribution is -0.118. The second-order valence-electron chi connectivity index (χ2n) is 5.87. The Morgan fingerprint density at radius 3 is 2.59 bits per heavy atom. The molecule has 0 saturated carbocycles. The maximum Gasteiger partial charge on any atom is 0.230 e. The second-order valence-corrected chi connectivity index (χ2v) is 6.81. The van der Waals surface area contributed by atoms with E-state index in [4.69, 9.17) is 4.74 Å². The summed E-state index contributed by atoms with van der Waals surface area (Å²) in [5, 5.41) is 12.0. The summed E-state index contributed by atoms with van der Waals surface area (Å²) in [6.45, 7) is 4.80. The third-order valence-corrected chi connectivity index (χ3v) is 4.80. The van der Waals surface area contributed by atoms with Crippen molar-refractivity contribution < 1.29 is 9.53 Å². The smallest absolute Gasteiger partial charge is 0.230 e. The first-order valence-corrected chi connectivity index (χ1v) is 9.75. The average Bonchev–Trinajstić information content (AvgIpc) is 3.09. The molecule has 0 aliphatic heterocycles. The molecule has 140 valence electrons. The van der Waals surface area contributed by atoms with Crippen molar-refractivity contribution in [2.75, 3.05) is 12.3 Å². The van der Waals surface area contributed by atoms with Crippen LogP contribution in [-0.4, -0.2) is 33.0 Å². The lowest BCUT2D eigenvalue weighted by atomic mass is 10.2. The summed E-state index contributed by atoms with van der Waals surface area (Å²) in [4.78, 5) is 11.8. The van der Waals surface area contributed by atoms with E-state index in [2.05, 4.69) is 15.5 Å². The normalized spacial score (nSPS) is 10.6. The van der Waals surface area contributed by atoms with Crippen LogP contribution in [0.4, 0.5) is 0 Å². The molecular weight excluding hydrogens is 360 g/mol. The average molecular weight is 382 g/mol. The number of thioether (sulfide) groups is 1. The van der Waals surface area contributed by atoms with Gasteiger partial charge in [-0.05, 0) is 37.6 Å². The molecule has 0 atom stereocenters. The van der Waals surface area contributed by atoms with Crippen molar-refractivity contribution in [3.8, 4) is 11.4 Å². The Hall–Kier alpha value is -2.80. The Balaban J connectivity index is 1.83. The quantitative estimate of drug-likeness (QED) is 0.605. The van der Waals surface area contributed by atoms with E-state index in [0.29, 0.717) is 17.5 Å². The van der Waals surface area contributed by atoms with E-state index < -0.39 is 0 Å². The van der Waals surface area contributed by atoms with Crippen LogP contribution in [0.3, 0.4) is 0 Å². The number of benzene rings is 2. The number of carbonyl (C=O) groups is 1. The summed E-state index contributed by atoms with van der Waals surface area (Å²) in [6.07, 6.45) is 0. The molecule has 1 amide bonds. The number of rotatable bonds is 8. The molecule has 0 radical (unpaired) electrons. The maximum atomic E-state index is 11.8. The first-order chi connectivity index (χ1) is 13.2. The molecule has 1 heterocycles. The summed E-state index contributed by atoms with van der Waals surface area (Å²) in [5.74, 6) is 1.76. The molecule has 0 saturated heterocycles. The van der Waals surface area contributed by atoms with Gasteiger partial charge in [0.1, 0.15) is 12.4 Å². The van der Waals surface area contributed by atoms with Crippen LogP contribution in [0.2, 0.25) is 0 Å². The highest BCUT2D eigenvalue weighted by molar-refractivity contribution is 7.99. The van der Waals surface area contributed by atoms with Gasteiger partial charge in [-0.3, -0.25) is 9.36 Å². The minimum Gasteiger partial charge on any atom is -0.485 e. The van der Waals surface area contributed by atoms with E-state index in [1.54, 1.807) is 0 Å². The van der Waals surface area contributed by atoms with E-state index in [9.17, 15) is 4.79 Å². The van der Waals surface area contributed by atoms with E-state index in [1.165, 1.54) is 11.8 Å². The van der Waals surface area contributed by atoms with Crippen LogP contribution in [0.25, 0.3) is 5.69 Å². The highest BCUT2D eigenvalue weighted by atomic mass is 32.2. The van der Waals surface area contributed by atoms with Crippen LogP contribution in [0, 0.1) is 6.92 Å². The van der Waals surface area contributed by atoms with E-state index in [-0.39, 0.29) is 18.3 Å². The van der Waals surface area contributed by atoms with Gasteiger partial charge in [-0.1, -0.05) is 48.2 Å². The number of nitrogens with zero attached hydrogens (tertiary/aromatic N) is 3. The number of para-hydroxylation sites is 2. The van der Waals surface area contributed by atoms with Gasteiger partial charge in [0.05, 0.1) is 5.75 Å². The molecule has 7 heteroatoms. The van der Waals surface area contributed by atoms with Crippen molar-refractivity contribution in [1.82, 2.24) is 20.1 Å². The van der Waals surface area contributed by atoms with Gasteiger partial charge in [-0.2, -0.15) is 0 Å². The van der Waals surface area contributed by atoms with Crippen molar-refractivity contribution in [2.45, 2.75) is 25.6 Å². The molecular formula is C20H22N4O2S. The Bertz CT molecular complexity index is 896. The topological polar surface area (TPSA) is 69.0 Å². The largest absolute Gasteiger partial charge is 0.485 e. The molecule has 6 nitrogen and oxygen atoms in total. The number of aromatic nitrogens is 3. The fourth-order valence-electron chi connectivity index (χ4n) is 2.56. The van der Waals surface area contributed by atoms with Crippen LogP contribution in [-0.2, 0) is 11.4 Å². The van der Waals surface area contributed by atoms with Gasteiger partial charge in [0.25, 0.3) is 0 Å². The van der Waals surface area contributed by atoms with Gasteiger partial charge in [0.15, 0.2) is 11.0 Å². The molecule has 0 aliphatic carbocycles. The number of hydrogen-bond donors (Lipinski definition) is 1. The van der Waals surface area contributed by atoms with E-state index in [0.717, 1.165) is 17.0 Å². The van der Waals surface area contributed by atoms with Crippen molar-refractivity contribution in [2.24, 2.45) is 0 Å². The molecule has 3 rings (SSSR count).